The van der Waals surface area contributed by atoms with Gasteiger partial charge in [0.2, 0.25) is 11.8 Å². The van der Waals surface area contributed by atoms with Gasteiger partial charge in [0.1, 0.15) is 5.75 Å². The summed E-state index contributed by atoms with van der Waals surface area (Å²) >= 11 is 13.0. The lowest BCUT2D eigenvalue weighted by Gasteiger charge is -2.39. The van der Waals surface area contributed by atoms with Gasteiger partial charge >= 0.3 is 5.97 Å². The van der Waals surface area contributed by atoms with Crippen LogP contribution in [0.25, 0.3) is 0 Å². The number of hydrogen-bond acceptors (Lipinski definition) is 5. The lowest BCUT2D eigenvalue weighted by atomic mass is 9.61. The Kier molecular flexibility index (Phi) is 7.65. The van der Waals surface area contributed by atoms with Crippen molar-refractivity contribution in [3.8, 4) is 5.75 Å². The summed E-state index contributed by atoms with van der Waals surface area (Å²) in [6, 6.07) is 7.67. The number of hydrogen-bond donors (Lipinski definition) is 4. The molecule has 5 rings (SSSR count). The second-order valence-electron chi connectivity index (χ2n) is 11.4. The van der Waals surface area contributed by atoms with Crippen molar-refractivity contribution in [1.29, 1.82) is 0 Å². The van der Waals surface area contributed by atoms with E-state index in [1.165, 1.54) is 25.3 Å². The number of anilines is 2. The van der Waals surface area contributed by atoms with Gasteiger partial charge in [-0.1, -0.05) is 55.3 Å². The summed E-state index contributed by atoms with van der Waals surface area (Å²) in [6.45, 7) is 2.92. The molecule has 1 aliphatic carbocycles. The highest BCUT2D eigenvalue weighted by Gasteiger charge is 2.67. The first kappa shape index (κ1) is 29.1. The number of carbonyl (C=O) groups excluding carboxylic acids is 2. The first-order chi connectivity index (χ1) is 19.4. The highest BCUT2D eigenvalue weighted by molar-refractivity contribution is 6.31. The fourth-order valence-corrected chi connectivity index (χ4v) is 6.86. The number of halogens is 3. The molecule has 0 saturated carbocycles. The van der Waals surface area contributed by atoms with Gasteiger partial charge in [-0.3, -0.25) is 14.0 Å². The Labute approximate surface area is 246 Å². The molecule has 3 aliphatic rings. The summed E-state index contributed by atoms with van der Waals surface area (Å²) < 4.78 is 19.6. The Morgan fingerprint density at radius 2 is 1.95 bits per heavy atom. The average molecular weight is 602 g/mol. The van der Waals surface area contributed by atoms with Gasteiger partial charge in [-0.25, -0.2) is 4.79 Å². The van der Waals surface area contributed by atoms with Gasteiger partial charge in [-0.15, -0.1) is 0 Å². The molecule has 1 fully saturated rings. The number of benzene rings is 2. The van der Waals surface area contributed by atoms with Crippen LogP contribution in [0.15, 0.2) is 59.7 Å². The van der Waals surface area contributed by atoms with Gasteiger partial charge in [-0.2, -0.15) is 0 Å². The molecular formula is C30H30Cl2FN3O5. The average Bonchev–Trinajstić information content (AvgIpc) is 3.57. The summed E-state index contributed by atoms with van der Waals surface area (Å²) in [5.74, 6) is -2.99. The van der Waals surface area contributed by atoms with Crippen LogP contribution in [0.1, 0.15) is 36.2 Å². The van der Waals surface area contributed by atoms with Gasteiger partial charge in [0.15, 0.2) is 0 Å². The molecule has 4 N–H and O–H groups in total. The van der Waals surface area contributed by atoms with E-state index in [1.807, 2.05) is 6.08 Å². The second-order valence-corrected chi connectivity index (χ2v) is 12.3. The van der Waals surface area contributed by atoms with Crippen molar-refractivity contribution in [2.24, 2.45) is 17.3 Å². The molecule has 2 aromatic rings. The standard InChI is InChI=1S/C30H30Cl2FN3O5/c1-29(2,14-33)13-23-30(18-9-8-16(31)12-21(18)35-28(30)40)24(17-5-4-6-19(17)32)25(36-23)26(37)34-20-10-7-15(27(38)39)11-22(20)41-3/h4-12,17,23-25,36H,13-14H2,1-3H3,(H,34,37)(H,35,40)(H,38,39)/t17?,23-,24?,25+,30+/m0/s1. The maximum absolute atomic E-state index is 14.2. The molecule has 0 bridgehead atoms. The predicted octanol–water partition coefficient (Wildman–Crippen LogP) is 5.53. The van der Waals surface area contributed by atoms with Crippen molar-refractivity contribution in [2.45, 2.75) is 37.8 Å². The molecule has 2 heterocycles. The molecule has 1 spiro atoms. The molecule has 216 valence electrons. The first-order valence-electron chi connectivity index (χ1n) is 13.1. The number of allylic oxidation sites excluding steroid dienone is 4. The Hall–Kier alpha value is -3.40. The summed E-state index contributed by atoms with van der Waals surface area (Å²) in [6.07, 6.45) is 5.63. The van der Waals surface area contributed by atoms with E-state index in [-0.39, 0.29) is 29.3 Å². The zero-order valence-electron chi connectivity index (χ0n) is 22.6. The van der Waals surface area contributed by atoms with Crippen LogP contribution in [-0.4, -0.2) is 48.8 Å². The molecule has 2 unspecified atom stereocenters. The van der Waals surface area contributed by atoms with Crippen molar-refractivity contribution in [1.82, 2.24) is 5.32 Å². The van der Waals surface area contributed by atoms with Crippen LogP contribution in [0.2, 0.25) is 5.02 Å². The van der Waals surface area contributed by atoms with E-state index in [2.05, 4.69) is 16.0 Å². The Morgan fingerprint density at radius 3 is 2.59 bits per heavy atom. The second kappa shape index (κ2) is 10.8. The number of carbonyl (C=O) groups is 3. The third-order valence-electron chi connectivity index (χ3n) is 8.25. The SMILES string of the molecule is COc1cc(C(=O)O)ccc1NC(=O)[C@@H]1N[C@@H](CC(C)(C)CF)[C@@]2(C(=O)Nc3cc(Cl)ccc32)C1C1C=CC=C1Cl. The van der Waals surface area contributed by atoms with Crippen LogP contribution >= 0.6 is 23.2 Å². The lowest BCUT2D eigenvalue weighted by molar-refractivity contribution is -0.124. The molecule has 0 radical (unpaired) electrons. The number of carboxylic acids is 1. The Bertz CT molecular complexity index is 1490. The minimum atomic E-state index is -1.29. The normalized spacial score (nSPS) is 26.6. The molecule has 8 nitrogen and oxygen atoms in total. The van der Waals surface area contributed by atoms with E-state index in [0.29, 0.717) is 21.3 Å². The Morgan fingerprint density at radius 1 is 1.20 bits per heavy atom. The van der Waals surface area contributed by atoms with E-state index in [9.17, 15) is 23.9 Å². The van der Waals surface area contributed by atoms with Gasteiger partial charge in [0.05, 0.1) is 36.5 Å². The lowest BCUT2D eigenvalue weighted by Crippen LogP contribution is -2.52. The number of alkyl halides is 1. The maximum Gasteiger partial charge on any atom is 0.335 e. The minimum absolute atomic E-state index is 0.00454. The van der Waals surface area contributed by atoms with Crippen LogP contribution in [-0.2, 0) is 15.0 Å². The molecular weight excluding hydrogens is 572 g/mol. The summed E-state index contributed by atoms with van der Waals surface area (Å²) in [4.78, 5) is 39.7. The van der Waals surface area contributed by atoms with Crippen molar-refractivity contribution >= 4 is 52.4 Å². The molecule has 0 aromatic heterocycles. The number of rotatable bonds is 8. The van der Waals surface area contributed by atoms with Gasteiger partial charge < -0.3 is 25.8 Å². The third kappa shape index (κ3) is 4.90. The highest BCUT2D eigenvalue weighted by atomic mass is 35.5. The molecule has 1 saturated heterocycles. The molecule has 2 amide bonds. The number of ether oxygens (including phenoxy) is 1. The van der Waals surface area contributed by atoms with Crippen LogP contribution in [0.4, 0.5) is 15.8 Å². The summed E-state index contributed by atoms with van der Waals surface area (Å²) in [5.41, 5.74) is -0.652. The molecule has 5 atom stereocenters. The number of carboxylic acid groups (broad SMARTS) is 1. The number of nitrogens with one attached hydrogen (secondary N) is 3. The summed E-state index contributed by atoms with van der Waals surface area (Å²) in [5, 5.41) is 19.5. The Balaban J connectivity index is 1.64. The zero-order chi connectivity index (χ0) is 29.7. The van der Waals surface area contributed by atoms with Crippen LogP contribution < -0.4 is 20.7 Å². The van der Waals surface area contributed by atoms with Crippen molar-refractivity contribution in [3.63, 3.8) is 0 Å². The quantitative estimate of drug-likeness (QED) is 0.316. The van der Waals surface area contributed by atoms with E-state index in [0.717, 1.165) is 0 Å². The molecule has 11 heteroatoms. The predicted molar refractivity (Wildman–Crippen MR) is 155 cm³/mol. The largest absolute Gasteiger partial charge is 0.495 e. The van der Waals surface area contributed by atoms with Gasteiger partial charge in [0, 0.05) is 33.6 Å². The van der Waals surface area contributed by atoms with E-state index in [4.69, 9.17) is 27.9 Å². The minimum Gasteiger partial charge on any atom is -0.495 e. The fraction of sp³-hybridized carbons (Fsp3) is 0.367. The monoisotopic (exact) mass is 601 g/mol. The van der Waals surface area contributed by atoms with Crippen molar-refractivity contribution in [3.05, 3.63) is 75.8 Å². The van der Waals surface area contributed by atoms with E-state index in [1.54, 1.807) is 44.2 Å². The third-order valence-corrected chi connectivity index (χ3v) is 8.87. The van der Waals surface area contributed by atoms with Gasteiger partial charge in [0.25, 0.3) is 0 Å². The van der Waals surface area contributed by atoms with Crippen LogP contribution in [0.3, 0.4) is 0 Å². The number of fused-ring (bicyclic) bond motifs is 2. The fourth-order valence-electron chi connectivity index (χ4n) is 6.41. The number of amides is 2. The summed E-state index contributed by atoms with van der Waals surface area (Å²) in [7, 11) is 1.37. The van der Waals surface area contributed by atoms with Crippen LogP contribution in [0, 0.1) is 17.3 Å². The number of aromatic carboxylic acids is 1. The topological polar surface area (TPSA) is 117 Å². The van der Waals surface area contributed by atoms with Crippen molar-refractivity contribution < 1.29 is 28.6 Å². The highest BCUT2D eigenvalue weighted by Crippen LogP contribution is 2.57. The zero-order valence-corrected chi connectivity index (χ0v) is 24.1. The maximum atomic E-state index is 14.2. The van der Waals surface area contributed by atoms with E-state index >= 15 is 0 Å². The molecule has 2 aliphatic heterocycles. The molecule has 41 heavy (non-hydrogen) atoms. The van der Waals surface area contributed by atoms with Crippen LogP contribution in [0.5, 0.6) is 5.75 Å². The first-order valence-corrected chi connectivity index (χ1v) is 13.9. The van der Waals surface area contributed by atoms with E-state index < -0.39 is 53.3 Å². The smallest absolute Gasteiger partial charge is 0.335 e. The van der Waals surface area contributed by atoms with Gasteiger partial charge in [-0.05, 0) is 53.8 Å². The molecule has 2 aromatic carbocycles. The number of methoxy groups -OCH3 is 1. The van der Waals surface area contributed by atoms with Crippen molar-refractivity contribution in [2.75, 3.05) is 24.4 Å².